The summed E-state index contributed by atoms with van der Waals surface area (Å²) >= 11 is 0. The second-order valence-electron chi connectivity index (χ2n) is 5.01. The maximum atomic E-state index is 13.0. The Kier molecular flexibility index (Phi) is 5.83. The summed E-state index contributed by atoms with van der Waals surface area (Å²) in [4.78, 5) is 11.9. The van der Waals surface area contributed by atoms with Crippen molar-refractivity contribution in [1.82, 2.24) is 5.43 Å². The molecule has 0 unspecified atom stereocenters. The van der Waals surface area contributed by atoms with E-state index in [4.69, 9.17) is 0 Å². The minimum atomic E-state index is -0.285. The number of amides is 1. The molecule has 2 aromatic carbocycles. The zero-order valence-electron chi connectivity index (χ0n) is 12.6. The Bertz CT molecular complexity index is 636. The molecule has 0 fully saturated rings. The van der Waals surface area contributed by atoms with Gasteiger partial charge in [0, 0.05) is 0 Å². The molecule has 0 saturated heterocycles. The Balaban J connectivity index is 2.03. The van der Waals surface area contributed by atoms with Crippen LogP contribution in [0.2, 0.25) is 0 Å². The van der Waals surface area contributed by atoms with E-state index in [1.807, 2.05) is 37.3 Å². The maximum absolute atomic E-state index is 13.0. The lowest BCUT2D eigenvalue weighted by atomic mass is 10.1. The fraction of sp³-hybridized carbons (Fsp3) is 0.222. The molecule has 114 valence electrons. The van der Waals surface area contributed by atoms with Gasteiger partial charge in [0.25, 0.3) is 0 Å². The average Bonchev–Trinajstić information content (AvgIpc) is 2.53. The van der Waals surface area contributed by atoms with Gasteiger partial charge in [0.2, 0.25) is 5.91 Å². The number of hydrogen-bond acceptors (Lipinski definition) is 2. The van der Waals surface area contributed by atoms with E-state index in [0.717, 1.165) is 29.7 Å². The Morgan fingerprint density at radius 1 is 1.09 bits per heavy atom. The lowest BCUT2D eigenvalue weighted by Crippen LogP contribution is -2.22. The van der Waals surface area contributed by atoms with Crippen LogP contribution in [0.4, 0.5) is 4.39 Å². The van der Waals surface area contributed by atoms with Gasteiger partial charge in [-0.05, 0) is 29.7 Å². The smallest absolute Gasteiger partial charge is 0.244 e. The van der Waals surface area contributed by atoms with Gasteiger partial charge < -0.3 is 0 Å². The third-order valence-corrected chi connectivity index (χ3v) is 3.19. The molecular weight excluding hydrogens is 279 g/mol. The van der Waals surface area contributed by atoms with E-state index < -0.39 is 0 Å². The Hall–Kier alpha value is -2.49. The second kappa shape index (κ2) is 8.08. The van der Waals surface area contributed by atoms with Crippen LogP contribution in [0, 0.1) is 5.82 Å². The summed E-state index contributed by atoms with van der Waals surface area (Å²) in [6.07, 6.45) is 1.90. The van der Waals surface area contributed by atoms with Gasteiger partial charge in [0.05, 0.1) is 12.1 Å². The third kappa shape index (κ3) is 4.81. The molecule has 0 saturated carbocycles. The summed E-state index contributed by atoms with van der Waals surface area (Å²) in [5, 5.41) is 4.20. The number of rotatable bonds is 6. The van der Waals surface area contributed by atoms with Gasteiger partial charge in [0.15, 0.2) is 0 Å². The normalized spacial score (nSPS) is 11.3. The number of carbonyl (C=O) groups is 1. The van der Waals surface area contributed by atoms with Crippen molar-refractivity contribution < 1.29 is 9.18 Å². The predicted molar refractivity (Wildman–Crippen MR) is 86.1 cm³/mol. The Morgan fingerprint density at radius 2 is 1.77 bits per heavy atom. The Morgan fingerprint density at radius 3 is 2.41 bits per heavy atom. The number of halogens is 1. The molecule has 0 heterocycles. The van der Waals surface area contributed by atoms with Crippen molar-refractivity contribution in [3.63, 3.8) is 0 Å². The van der Waals surface area contributed by atoms with E-state index in [2.05, 4.69) is 10.5 Å². The van der Waals surface area contributed by atoms with Gasteiger partial charge in [-0.25, -0.2) is 9.82 Å². The monoisotopic (exact) mass is 298 g/mol. The zero-order chi connectivity index (χ0) is 15.8. The minimum Gasteiger partial charge on any atom is -0.273 e. The van der Waals surface area contributed by atoms with Crippen molar-refractivity contribution in [2.24, 2.45) is 5.10 Å². The van der Waals surface area contributed by atoms with Crippen molar-refractivity contribution in [2.45, 2.75) is 26.2 Å². The molecule has 0 aliphatic rings. The molecule has 0 aliphatic carbocycles. The fourth-order valence-electron chi connectivity index (χ4n) is 2.09. The molecule has 0 spiro atoms. The first-order valence-corrected chi connectivity index (χ1v) is 7.34. The number of hydrogen-bond donors (Lipinski definition) is 1. The first-order valence-electron chi connectivity index (χ1n) is 7.34. The summed E-state index contributed by atoms with van der Waals surface area (Å²) in [5.74, 6) is -0.449. The zero-order valence-corrected chi connectivity index (χ0v) is 12.6. The number of nitrogens with zero attached hydrogens (tertiary/aromatic N) is 1. The summed E-state index contributed by atoms with van der Waals surface area (Å²) in [5.41, 5.74) is 5.10. The van der Waals surface area contributed by atoms with E-state index in [1.165, 1.54) is 12.1 Å². The molecule has 2 rings (SSSR count). The van der Waals surface area contributed by atoms with Crippen molar-refractivity contribution in [2.75, 3.05) is 0 Å². The first-order chi connectivity index (χ1) is 10.7. The van der Waals surface area contributed by atoms with Crippen LogP contribution in [0.3, 0.4) is 0 Å². The number of hydrazone groups is 1. The molecule has 3 nitrogen and oxygen atoms in total. The van der Waals surface area contributed by atoms with Gasteiger partial charge in [-0.2, -0.15) is 5.10 Å². The maximum Gasteiger partial charge on any atom is 0.244 e. The van der Waals surface area contributed by atoms with Gasteiger partial charge in [-0.3, -0.25) is 4.79 Å². The summed E-state index contributed by atoms with van der Waals surface area (Å²) in [6, 6.07) is 15.6. The second-order valence-corrected chi connectivity index (χ2v) is 5.01. The van der Waals surface area contributed by atoms with Gasteiger partial charge in [-0.15, -0.1) is 0 Å². The van der Waals surface area contributed by atoms with Crippen molar-refractivity contribution in [1.29, 1.82) is 0 Å². The van der Waals surface area contributed by atoms with Crippen LogP contribution in [0.25, 0.3) is 0 Å². The molecule has 4 heteroatoms. The van der Waals surface area contributed by atoms with Crippen LogP contribution in [-0.2, 0) is 11.2 Å². The lowest BCUT2D eigenvalue weighted by Gasteiger charge is -2.07. The van der Waals surface area contributed by atoms with Crippen molar-refractivity contribution in [3.8, 4) is 0 Å². The lowest BCUT2D eigenvalue weighted by molar-refractivity contribution is -0.120. The molecule has 0 aliphatic heterocycles. The molecule has 0 radical (unpaired) electrons. The summed E-state index contributed by atoms with van der Waals surface area (Å²) in [7, 11) is 0. The van der Waals surface area contributed by atoms with Crippen molar-refractivity contribution in [3.05, 3.63) is 71.5 Å². The molecular formula is C18H19FN2O. The van der Waals surface area contributed by atoms with Crippen molar-refractivity contribution >= 4 is 11.6 Å². The van der Waals surface area contributed by atoms with E-state index >= 15 is 0 Å². The van der Waals surface area contributed by atoms with Crippen LogP contribution in [0.15, 0.2) is 59.7 Å². The van der Waals surface area contributed by atoms with Gasteiger partial charge >= 0.3 is 0 Å². The standard InChI is InChI=1S/C18H19FN2O/c1-2-6-17(15-9-11-16(19)12-10-15)20-21-18(22)13-14-7-4-3-5-8-14/h3-5,7-12H,2,6,13H2,1H3,(H,21,22)/b20-17-. The molecule has 2 aromatic rings. The SMILES string of the molecule is CCC/C(=N/NC(=O)Cc1ccccc1)c1ccc(F)cc1. The highest BCUT2D eigenvalue weighted by Gasteiger charge is 2.06. The Labute approximate surface area is 129 Å². The van der Waals surface area contributed by atoms with Gasteiger partial charge in [-0.1, -0.05) is 55.8 Å². The number of nitrogens with one attached hydrogen (secondary N) is 1. The summed E-state index contributed by atoms with van der Waals surface area (Å²) < 4.78 is 13.0. The molecule has 0 atom stereocenters. The summed E-state index contributed by atoms with van der Waals surface area (Å²) in [6.45, 7) is 2.03. The first kappa shape index (κ1) is 15.9. The molecule has 0 bridgehead atoms. The van der Waals surface area contributed by atoms with Crippen LogP contribution in [0.5, 0.6) is 0 Å². The molecule has 1 amide bonds. The van der Waals surface area contributed by atoms with Crippen LogP contribution >= 0.6 is 0 Å². The van der Waals surface area contributed by atoms with E-state index in [9.17, 15) is 9.18 Å². The largest absolute Gasteiger partial charge is 0.273 e. The topological polar surface area (TPSA) is 41.5 Å². The minimum absolute atomic E-state index is 0.165. The van der Waals surface area contributed by atoms with E-state index in [-0.39, 0.29) is 18.1 Å². The van der Waals surface area contributed by atoms with E-state index in [0.29, 0.717) is 0 Å². The molecule has 22 heavy (non-hydrogen) atoms. The van der Waals surface area contributed by atoms with Crippen LogP contribution in [0.1, 0.15) is 30.9 Å². The number of carbonyl (C=O) groups excluding carboxylic acids is 1. The molecule has 1 N–H and O–H groups in total. The van der Waals surface area contributed by atoms with E-state index in [1.54, 1.807) is 12.1 Å². The van der Waals surface area contributed by atoms with Crippen LogP contribution in [-0.4, -0.2) is 11.6 Å². The number of benzene rings is 2. The highest BCUT2D eigenvalue weighted by molar-refractivity contribution is 6.01. The fourth-order valence-corrected chi connectivity index (χ4v) is 2.09. The van der Waals surface area contributed by atoms with Crippen LogP contribution < -0.4 is 5.43 Å². The quantitative estimate of drug-likeness (QED) is 0.641. The highest BCUT2D eigenvalue weighted by atomic mass is 19.1. The third-order valence-electron chi connectivity index (χ3n) is 3.19. The molecule has 0 aromatic heterocycles. The highest BCUT2D eigenvalue weighted by Crippen LogP contribution is 2.08. The van der Waals surface area contributed by atoms with Gasteiger partial charge in [0.1, 0.15) is 5.82 Å². The average molecular weight is 298 g/mol. The predicted octanol–water partition coefficient (Wildman–Crippen LogP) is 3.69.